The van der Waals surface area contributed by atoms with Crippen LogP contribution in [0.1, 0.15) is 0 Å². The predicted molar refractivity (Wildman–Crippen MR) is 100 cm³/mol. The van der Waals surface area contributed by atoms with Gasteiger partial charge in [-0.1, -0.05) is 30.4 Å². The molecule has 0 saturated heterocycles. The smallest absolute Gasteiger partial charge is 0.321 e. The Balaban J connectivity index is 1.86. The van der Waals surface area contributed by atoms with Gasteiger partial charge in [0.15, 0.2) is 0 Å². The molecule has 1 aliphatic carbocycles. The monoisotopic (exact) mass is 393 g/mol. The van der Waals surface area contributed by atoms with Crippen molar-refractivity contribution in [2.45, 2.75) is 4.90 Å². The summed E-state index contributed by atoms with van der Waals surface area (Å²) in [7, 11) is -2.33. The number of ether oxygens (including phenoxy) is 2. The fourth-order valence-corrected chi connectivity index (χ4v) is 5.23. The van der Waals surface area contributed by atoms with Gasteiger partial charge in [-0.15, -0.1) is 11.8 Å². The summed E-state index contributed by atoms with van der Waals surface area (Å²) in [6.45, 7) is -0.210. The van der Waals surface area contributed by atoms with Crippen LogP contribution in [0.15, 0.2) is 64.4 Å². The summed E-state index contributed by atoms with van der Waals surface area (Å²) in [6, 6.07) is 6.09. The third-order valence-electron chi connectivity index (χ3n) is 3.97. The van der Waals surface area contributed by atoms with E-state index in [-0.39, 0.29) is 29.8 Å². The second kappa shape index (κ2) is 8.11. The van der Waals surface area contributed by atoms with Crippen LogP contribution in [-0.4, -0.2) is 44.8 Å². The number of thioether (sulfide) groups is 1. The number of rotatable bonds is 3. The van der Waals surface area contributed by atoms with Crippen LogP contribution in [0.5, 0.6) is 5.75 Å². The maximum absolute atomic E-state index is 13.0. The SMILES string of the molecule is COc1ccc(S(=O)(=O)N2CSC3=CC=CC3C=CCOC(=O)C2)cc1. The maximum Gasteiger partial charge on any atom is 0.321 e. The zero-order valence-electron chi connectivity index (χ0n) is 14.2. The minimum absolute atomic E-state index is 0.0855. The van der Waals surface area contributed by atoms with Gasteiger partial charge in [-0.05, 0) is 29.2 Å². The number of fused-ring (bicyclic) bond motifs is 1. The van der Waals surface area contributed by atoms with Gasteiger partial charge in [-0.25, -0.2) is 8.42 Å². The molecule has 1 aliphatic heterocycles. The first-order valence-corrected chi connectivity index (χ1v) is 10.4. The summed E-state index contributed by atoms with van der Waals surface area (Å²) in [6.07, 6.45) is 9.64. The first-order valence-electron chi connectivity index (χ1n) is 7.98. The maximum atomic E-state index is 13.0. The van der Waals surface area contributed by atoms with Crippen LogP contribution in [0, 0.1) is 5.92 Å². The zero-order valence-corrected chi connectivity index (χ0v) is 15.8. The predicted octanol–water partition coefficient (Wildman–Crippen LogP) is 2.56. The van der Waals surface area contributed by atoms with Crippen molar-refractivity contribution in [3.63, 3.8) is 0 Å². The van der Waals surface area contributed by atoms with E-state index in [0.29, 0.717) is 5.75 Å². The molecule has 0 aromatic heterocycles. The Bertz CT molecular complexity index is 856. The standard InChI is InChI=1S/C18H19NO5S2/c1-23-15-7-9-16(10-8-15)26(21,22)19-12-18(20)24-11-3-5-14-4-2-6-17(14)25-13-19/h2-10,14H,11-13H2,1H3. The van der Waals surface area contributed by atoms with Crippen LogP contribution in [0.2, 0.25) is 0 Å². The lowest BCUT2D eigenvalue weighted by Gasteiger charge is -2.21. The van der Waals surface area contributed by atoms with Crippen molar-refractivity contribution in [1.82, 2.24) is 4.31 Å². The van der Waals surface area contributed by atoms with Gasteiger partial charge in [0.1, 0.15) is 18.9 Å². The topological polar surface area (TPSA) is 72.9 Å². The van der Waals surface area contributed by atoms with Crippen LogP contribution in [0.25, 0.3) is 0 Å². The van der Waals surface area contributed by atoms with Crippen molar-refractivity contribution in [2.75, 3.05) is 26.1 Å². The molecule has 6 nitrogen and oxygen atoms in total. The Morgan fingerprint density at radius 3 is 2.73 bits per heavy atom. The van der Waals surface area contributed by atoms with E-state index in [2.05, 4.69) is 0 Å². The number of allylic oxidation sites excluding steroid dienone is 5. The number of benzene rings is 1. The highest BCUT2D eigenvalue weighted by atomic mass is 32.2. The third-order valence-corrected chi connectivity index (χ3v) is 7.12. The Kier molecular flexibility index (Phi) is 5.85. The Morgan fingerprint density at radius 1 is 1.23 bits per heavy atom. The molecule has 3 rings (SSSR count). The number of carbonyl (C=O) groups is 1. The van der Waals surface area contributed by atoms with Crippen molar-refractivity contribution in [1.29, 1.82) is 0 Å². The van der Waals surface area contributed by atoms with Gasteiger partial charge < -0.3 is 9.47 Å². The Hall–Kier alpha value is -2.03. The Morgan fingerprint density at radius 2 is 2.00 bits per heavy atom. The van der Waals surface area contributed by atoms with Crippen molar-refractivity contribution in [3.05, 3.63) is 59.6 Å². The molecule has 1 aromatic carbocycles. The fraction of sp³-hybridized carbons (Fsp3) is 0.278. The highest BCUT2D eigenvalue weighted by molar-refractivity contribution is 8.03. The van der Waals surface area contributed by atoms with E-state index >= 15 is 0 Å². The molecule has 8 heteroatoms. The van der Waals surface area contributed by atoms with E-state index in [4.69, 9.17) is 9.47 Å². The largest absolute Gasteiger partial charge is 0.497 e. The van der Waals surface area contributed by atoms with E-state index < -0.39 is 16.0 Å². The number of nitrogens with zero attached hydrogens (tertiary/aromatic N) is 1. The molecule has 0 radical (unpaired) electrons. The zero-order chi connectivity index (χ0) is 18.6. The second-order valence-electron chi connectivity index (χ2n) is 5.65. The quantitative estimate of drug-likeness (QED) is 0.581. The van der Waals surface area contributed by atoms with Crippen LogP contribution in [-0.2, 0) is 19.6 Å². The second-order valence-corrected chi connectivity index (χ2v) is 8.61. The molecule has 0 amide bonds. The highest BCUT2D eigenvalue weighted by Crippen LogP contribution is 2.33. The molecule has 1 atom stereocenters. The minimum Gasteiger partial charge on any atom is -0.497 e. The first-order chi connectivity index (χ1) is 12.5. The summed E-state index contributed by atoms with van der Waals surface area (Å²) >= 11 is 1.40. The number of esters is 1. The molecule has 26 heavy (non-hydrogen) atoms. The molecular weight excluding hydrogens is 374 g/mol. The number of cyclic esters (lactones) is 1. The molecule has 0 bridgehead atoms. The van der Waals surface area contributed by atoms with Crippen LogP contribution in [0.3, 0.4) is 0 Å². The lowest BCUT2D eigenvalue weighted by molar-refractivity contribution is -0.142. The van der Waals surface area contributed by atoms with Crippen molar-refractivity contribution in [3.8, 4) is 5.75 Å². The normalized spacial score (nSPS) is 21.5. The van der Waals surface area contributed by atoms with Crippen LogP contribution in [0.4, 0.5) is 0 Å². The van der Waals surface area contributed by atoms with E-state index in [1.54, 1.807) is 18.2 Å². The van der Waals surface area contributed by atoms with E-state index in [0.717, 1.165) is 9.21 Å². The Labute approximate surface area is 157 Å². The number of hydrogen-bond donors (Lipinski definition) is 0. The fourth-order valence-electron chi connectivity index (χ4n) is 2.56. The lowest BCUT2D eigenvalue weighted by atomic mass is 10.1. The van der Waals surface area contributed by atoms with Gasteiger partial charge in [0.05, 0.1) is 17.9 Å². The molecule has 0 fully saturated rings. The summed E-state index contributed by atoms with van der Waals surface area (Å²) in [4.78, 5) is 13.2. The van der Waals surface area contributed by atoms with Crippen molar-refractivity contribution >= 4 is 27.8 Å². The van der Waals surface area contributed by atoms with Gasteiger partial charge >= 0.3 is 5.97 Å². The molecule has 0 N–H and O–H groups in total. The molecule has 1 unspecified atom stereocenters. The highest BCUT2D eigenvalue weighted by Gasteiger charge is 2.28. The third kappa shape index (κ3) is 4.20. The molecule has 1 aromatic rings. The molecule has 138 valence electrons. The number of methoxy groups -OCH3 is 1. The van der Waals surface area contributed by atoms with E-state index in [1.807, 2.05) is 24.3 Å². The van der Waals surface area contributed by atoms with Gasteiger partial charge in [-0.2, -0.15) is 4.31 Å². The summed E-state index contributed by atoms with van der Waals surface area (Å²) in [5.41, 5.74) is 0. The molecule has 0 saturated carbocycles. The van der Waals surface area contributed by atoms with Gasteiger partial charge in [-0.3, -0.25) is 4.79 Å². The van der Waals surface area contributed by atoms with Crippen LogP contribution < -0.4 is 4.74 Å². The van der Waals surface area contributed by atoms with Gasteiger partial charge in [0.25, 0.3) is 0 Å². The first kappa shape index (κ1) is 18.8. The number of hydrogen-bond acceptors (Lipinski definition) is 6. The average molecular weight is 393 g/mol. The number of carbonyl (C=O) groups excluding carboxylic acids is 1. The van der Waals surface area contributed by atoms with Crippen LogP contribution >= 0.6 is 11.8 Å². The lowest BCUT2D eigenvalue weighted by Crippen LogP contribution is -2.36. The van der Waals surface area contributed by atoms with E-state index in [9.17, 15) is 13.2 Å². The molecule has 1 heterocycles. The summed E-state index contributed by atoms with van der Waals surface area (Å²) in [5, 5.41) is 0. The average Bonchev–Trinajstić information content (AvgIpc) is 3.08. The molecule has 0 spiro atoms. The molecular formula is C18H19NO5S2. The number of sulfonamides is 1. The van der Waals surface area contributed by atoms with Crippen molar-refractivity contribution in [2.24, 2.45) is 5.92 Å². The summed E-state index contributed by atoms with van der Waals surface area (Å²) in [5.74, 6) is 0.193. The minimum atomic E-state index is -3.84. The summed E-state index contributed by atoms with van der Waals surface area (Å²) < 4.78 is 37.3. The van der Waals surface area contributed by atoms with E-state index in [1.165, 1.54) is 31.0 Å². The van der Waals surface area contributed by atoms with Gasteiger partial charge in [0.2, 0.25) is 10.0 Å². The van der Waals surface area contributed by atoms with Crippen molar-refractivity contribution < 1.29 is 22.7 Å². The molecule has 2 aliphatic rings. The van der Waals surface area contributed by atoms with Gasteiger partial charge in [0, 0.05) is 5.92 Å².